The molecule has 1 aliphatic rings. The molecule has 1 aliphatic heterocycles. The SMILES string of the molecule is CONC(=O)C1CCN(C(=O)c2csc(Cc3cccc(F)c3)n2)CC1. The molecule has 8 heteroatoms. The highest BCUT2D eigenvalue weighted by Crippen LogP contribution is 2.21. The zero-order chi connectivity index (χ0) is 18.5. The summed E-state index contributed by atoms with van der Waals surface area (Å²) in [6.07, 6.45) is 1.69. The van der Waals surface area contributed by atoms with Crippen molar-refractivity contribution in [2.75, 3.05) is 20.2 Å². The third-order valence-corrected chi connectivity index (χ3v) is 5.22. The fraction of sp³-hybridized carbons (Fsp3) is 0.389. The molecule has 6 nitrogen and oxygen atoms in total. The Bertz CT molecular complexity index is 787. The van der Waals surface area contributed by atoms with E-state index < -0.39 is 0 Å². The quantitative estimate of drug-likeness (QED) is 0.813. The number of rotatable bonds is 5. The summed E-state index contributed by atoms with van der Waals surface area (Å²) in [5, 5.41) is 2.51. The lowest BCUT2D eigenvalue weighted by Gasteiger charge is -2.30. The number of nitrogens with one attached hydrogen (secondary N) is 1. The van der Waals surface area contributed by atoms with E-state index >= 15 is 0 Å². The molecule has 2 heterocycles. The van der Waals surface area contributed by atoms with Gasteiger partial charge in [-0.15, -0.1) is 11.3 Å². The van der Waals surface area contributed by atoms with Crippen LogP contribution in [0, 0.1) is 11.7 Å². The standard InChI is InChI=1S/C18H20FN3O3S/c1-25-21-17(23)13-5-7-22(8-6-13)18(24)15-11-26-16(20-15)10-12-3-2-4-14(19)9-12/h2-4,9,11,13H,5-8,10H2,1H3,(H,21,23). The predicted octanol–water partition coefficient (Wildman–Crippen LogP) is 2.40. The van der Waals surface area contributed by atoms with E-state index in [1.165, 1.54) is 30.6 Å². The maximum Gasteiger partial charge on any atom is 0.273 e. The van der Waals surface area contributed by atoms with E-state index in [4.69, 9.17) is 0 Å². The molecule has 0 unspecified atom stereocenters. The van der Waals surface area contributed by atoms with Gasteiger partial charge in [0.2, 0.25) is 5.91 Å². The van der Waals surface area contributed by atoms with Gasteiger partial charge in [0.05, 0.1) is 12.1 Å². The van der Waals surface area contributed by atoms with Crippen molar-refractivity contribution < 1.29 is 18.8 Å². The van der Waals surface area contributed by atoms with Crippen LogP contribution in [0.5, 0.6) is 0 Å². The number of hydrogen-bond donors (Lipinski definition) is 1. The monoisotopic (exact) mass is 377 g/mol. The minimum atomic E-state index is -0.282. The summed E-state index contributed by atoms with van der Waals surface area (Å²) < 4.78 is 13.3. The van der Waals surface area contributed by atoms with Gasteiger partial charge in [-0.25, -0.2) is 14.9 Å². The Morgan fingerprint density at radius 2 is 2.15 bits per heavy atom. The van der Waals surface area contributed by atoms with E-state index in [-0.39, 0.29) is 23.5 Å². The average molecular weight is 377 g/mol. The molecule has 138 valence electrons. The fourth-order valence-electron chi connectivity index (χ4n) is 3.00. The molecule has 26 heavy (non-hydrogen) atoms. The van der Waals surface area contributed by atoms with Crippen molar-refractivity contribution in [2.45, 2.75) is 19.3 Å². The molecule has 1 fully saturated rings. The van der Waals surface area contributed by atoms with Crippen LogP contribution in [0.15, 0.2) is 29.6 Å². The van der Waals surface area contributed by atoms with E-state index in [0.29, 0.717) is 38.0 Å². The number of benzene rings is 1. The van der Waals surface area contributed by atoms with Gasteiger partial charge in [0, 0.05) is 30.8 Å². The number of carbonyl (C=O) groups is 2. The second kappa shape index (κ2) is 8.37. The average Bonchev–Trinajstić information content (AvgIpc) is 3.10. The molecule has 0 radical (unpaired) electrons. The van der Waals surface area contributed by atoms with E-state index in [1.54, 1.807) is 16.3 Å². The van der Waals surface area contributed by atoms with Gasteiger partial charge in [0.25, 0.3) is 5.91 Å². The first-order valence-corrected chi connectivity index (χ1v) is 9.25. The number of nitrogens with zero attached hydrogens (tertiary/aromatic N) is 2. The first kappa shape index (κ1) is 18.5. The first-order valence-electron chi connectivity index (χ1n) is 8.38. The molecule has 0 atom stereocenters. The minimum Gasteiger partial charge on any atom is -0.337 e. The van der Waals surface area contributed by atoms with Crippen LogP contribution in [-0.2, 0) is 16.1 Å². The van der Waals surface area contributed by atoms with Crippen LogP contribution in [-0.4, -0.2) is 41.9 Å². The molecule has 0 saturated carbocycles. The summed E-state index contributed by atoms with van der Waals surface area (Å²) in [5.41, 5.74) is 3.57. The Hall–Kier alpha value is -2.32. The summed E-state index contributed by atoms with van der Waals surface area (Å²) in [6.45, 7) is 1.02. The number of thiazole rings is 1. The van der Waals surface area contributed by atoms with Crippen LogP contribution in [0.25, 0.3) is 0 Å². The van der Waals surface area contributed by atoms with Gasteiger partial charge in [-0.3, -0.25) is 14.4 Å². The molecule has 1 saturated heterocycles. The van der Waals surface area contributed by atoms with Gasteiger partial charge in [0.1, 0.15) is 11.5 Å². The zero-order valence-electron chi connectivity index (χ0n) is 14.4. The summed E-state index contributed by atoms with van der Waals surface area (Å²) >= 11 is 1.39. The van der Waals surface area contributed by atoms with Crippen LogP contribution < -0.4 is 5.48 Å². The molecule has 0 spiro atoms. The highest BCUT2D eigenvalue weighted by Gasteiger charge is 2.28. The number of aromatic nitrogens is 1. The van der Waals surface area contributed by atoms with Crippen molar-refractivity contribution in [1.82, 2.24) is 15.4 Å². The Morgan fingerprint density at radius 1 is 1.38 bits per heavy atom. The molecule has 2 amide bonds. The lowest BCUT2D eigenvalue weighted by Crippen LogP contribution is -2.43. The second-order valence-corrected chi connectivity index (χ2v) is 7.11. The third kappa shape index (κ3) is 4.44. The van der Waals surface area contributed by atoms with Crippen LogP contribution in [0.1, 0.15) is 33.9 Å². The largest absolute Gasteiger partial charge is 0.337 e. The molecule has 1 N–H and O–H groups in total. The van der Waals surface area contributed by atoms with E-state index in [1.807, 2.05) is 6.07 Å². The maximum atomic E-state index is 13.3. The maximum absolute atomic E-state index is 13.3. The Morgan fingerprint density at radius 3 is 2.85 bits per heavy atom. The number of hydrogen-bond acceptors (Lipinski definition) is 5. The minimum absolute atomic E-state index is 0.127. The Balaban J connectivity index is 1.58. The normalized spacial score (nSPS) is 15.1. The van der Waals surface area contributed by atoms with Crippen molar-refractivity contribution in [1.29, 1.82) is 0 Å². The van der Waals surface area contributed by atoms with E-state index in [0.717, 1.165) is 10.6 Å². The van der Waals surface area contributed by atoms with Gasteiger partial charge in [-0.1, -0.05) is 12.1 Å². The number of hydroxylamine groups is 1. The molecule has 1 aromatic carbocycles. The summed E-state index contributed by atoms with van der Waals surface area (Å²) in [4.78, 5) is 35.1. The fourth-order valence-corrected chi connectivity index (χ4v) is 3.80. The van der Waals surface area contributed by atoms with Crippen molar-refractivity contribution >= 4 is 23.2 Å². The zero-order valence-corrected chi connectivity index (χ0v) is 15.2. The summed E-state index contributed by atoms with van der Waals surface area (Å²) in [6, 6.07) is 6.37. The van der Waals surface area contributed by atoms with Crippen molar-refractivity contribution in [2.24, 2.45) is 5.92 Å². The van der Waals surface area contributed by atoms with Gasteiger partial charge < -0.3 is 4.90 Å². The first-order chi connectivity index (χ1) is 12.6. The van der Waals surface area contributed by atoms with Crippen molar-refractivity contribution in [3.63, 3.8) is 0 Å². The van der Waals surface area contributed by atoms with E-state index in [9.17, 15) is 14.0 Å². The summed E-state index contributed by atoms with van der Waals surface area (Å²) in [5.74, 6) is -0.698. The number of likely N-dealkylation sites (tertiary alicyclic amines) is 1. The van der Waals surface area contributed by atoms with Crippen molar-refractivity contribution in [3.05, 3.63) is 51.7 Å². The van der Waals surface area contributed by atoms with Gasteiger partial charge in [0.15, 0.2) is 0 Å². The second-order valence-electron chi connectivity index (χ2n) is 6.17. The summed E-state index contributed by atoms with van der Waals surface area (Å²) in [7, 11) is 1.40. The van der Waals surface area contributed by atoms with Crippen molar-refractivity contribution in [3.8, 4) is 0 Å². The number of halogens is 1. The molecule has 0 aliphatic carbocycles. The van der Waals surface area contributed by atoms with Crippen LogP contribution >= 0.6 is 11.3 Å². The predicted molar refractivity (Wildman–Crippen MR) is 95.1 cm³/mol. The molecular formula is C18H20FN3O3S. The number of carbonyl (C=O) groups excluding carboxylic acids is 2. The van der Waals surface area contributed by atoms with Gasteiger partial charge in [-0.2, -0.15) is 0 Å². The van der Waals surface area contributed by atoms with Crippen LogP contribution in [0.2, 0.25) is 0 Å². The van der Waals surface area contributed by atoms with Crippen LogP contribution in [0.3, 0.4) is 0 Å². The molecule has 2 aromatic rings. The highest BCUT2D eigenvalue weighted by molar-refractivity contribution is 7.09. The highest BCUT2D eigenvalue weighted by atomic mass is 32.1. The molecular weight excluding hydrogens is 357 g/mol. The lowest BCUT2D eigenvalue weighted by molar-refractivity contribution is -0.136. The number of amides is 2. The smallest absolute Gasteiger partial charge is 0.273 e. The van der Waals surface area contributed by atoms with Gasteiger partial charge >= 0.3 is 0 Å². The van der Waals surface area contributed by atoms with E-state index in [2.05, 4.69) is 15.3 Å². The van der Waals surface area contributed by atoms with Crippen LogP contribution in [0.4, 0.5) is 4.39 Å². The molecule has 3 rings (SSSR count). The molecule has 1 aromatic heterocycles. The molecule has 0 bridgehead atoms. The lowest BCUT2D eigenvalue weighted by atomic mass is 9.96. The number of piperidine rings is 1. The third-order valence-electron chi connectivity index (χ3n) is 4.37. The topological polar surface area (TPSA) is 71.5 Å². The van der Waals surface area contributed by atoms with Gasteiger partial charge in [-0.05, 0) is 30.5 Å². The Kier molecular flexibility index (Phi) is 5.95. The Labute approximate surface area is 154 Å².